The number of carbonyl (C=O) groups excluding carboxylic acids is 2. The van der Waals surface area contributed by atoms with Crippen molar-refractivity contribution in [2.45, 2.75) is 39.2 Å². The zero-order chi connectivity index (χ0) is 13.6. The highest BCUT2D eigenvalue weighted by molar-refractivity contribution is 5.84. The van der Waals surface area contributed by atoms with Crippen molar-refractivity contribution >= 4 is 11.9 Å². The molecular formula is C15H21NO3. The van der Waals surface area contributed by atoms with Crippen LogP contribution in [0.5, 0.6) is 0 Å². The van der Waals surface area contributed by atoms with E-state index in [0.29, 0.717) is 11.8 Å². The van der Waals surface area contributed by atoms with Crippen LogP contribution in [-0.4, -0.2) is 24.5 Å². The zero-order valence-electron chi connectivity index (χ0n) is 11.5. The van der Waals surface area contributed by atoms with Crippen molar-refractivity contribution < 1.29 is 14.3 Å². The number of ether oxygens (including phenoxy) is 1. The number of alkyl carbamates (subject to hydrolysis) is 1. The topological polar surface area (TPSA) is 55.4 Å². The fourth-order valence-electron chi connectivity index (χ4n) is 3.54. The van der Waals surface area contributed by atoms with E-state index >= 15 is 0 Å². The van der Waals surface area contributed by atoms with Crippen molar-refractivity contribution in [2.75, 3.05) is 6.61 Å². The van der Waals surface area contributed by atoms with E-state index in [9.17, 15) is 9.59 Å². The molecule has 0 spiro atoms. The Morgan fingerprint density at radius 2 is 2.11 bits per heavy atom. The van der Waals surface area contributed by atoms with Gasteiger partial charge in [0.25, 0.3) is 0 Å². The number of amides is 1. The summed E-state index contributed by atoms with van der Waals surface area (Å²) >= 11 is 0. The monoisotopic (exact) mass is 263 g/mol. The van der Waals surface area contributed by atoms with E-state index in [4.69, 9.17) is 4.74 Å². The molecule has 2 saturated carbocycles. The molecule has 104 valence electrons. The second kappa shape index (κ2) is 4.36. The highest BCUT2D eigenvalue weighted by atomic mass is 16.5. The molecule has 0 radical (unpaired) electrons. The Balaban J connectivity index is 1.59. The molecule has 19 heavy (non-hydrogen) atoms. The maximum Gasteiger partial charge on any atom is 0.407 e. The average molecular weight is 263 g/mol. The maximum absolute atomic E-state index is 12.0. The number of ketones is 1. The Morgan fingerprint density at radius 3 is 2.58 bits per heavy atom. The fourth-order valence-corrected chi connectivity index (χ4v) is 3.54. The van der Waals surface area contributed by atoms with Crippen molar-refractivity contribution in [3.05, 3.63) is 12.2 Å². The van der Waals surface area contributed by atoms with Crippen LogP contribution in [0.3, 0.4) is 0 Å². The van der Waals surface area contributed by atoms with Gasteiger partial charge in [0.15, 0.2) is 0 Å². The Bertz CT molecular complexity index is 445. The molecule has 5 atom stereocenters. The van der Waals surface area contributed by atoms with Gasteiger partial charge in [-0.05, 0) is 43.9 Å². The molecule has 4 heteroatoms. The van der Waals surface area contributed by atoms with Crippen LogP contribution >= 0.6 is 0 Å². The van der Waals surface area contributed by atoms with Gasteiger partial charge in [-0.3, -0.25) is 4.79 Å². The summed E-state index contributed by atoms with van der Waals surface area (Å²) in [6, 6.07) is 0.265. The standard InChI is InChI=1S/C15H21NO3/c1-9-5-13(9)16-14(18)19-8-15(10(2)17)7-11-3-4-12(15)6-11/h3-4,9,11-13H,5-8H2,1-2H3,(H,16,18). The molecule has 2 fully saturated rings. The van der Waals surface area contributed by atoms with Crippen LogP contribution in [0.2, 0.25) is 0 Å². The molecule has 3 aliphatic rings. The molecule has 1 amide bonds. The first-order valence-electron chi connectivity index (χ1n) is 7.14. The van der Waals surface area contributed by atoms with Crippen molar-refractivity contribution in [3.8, 4) is 0 Å². The minimum absolute atomic E-state index is 0.150. The second-order valence-corrected chi connectivity index (χ2v) is 6.44. The molecule has 0 heterocycles. The normalized spacial score (nSPS) is 42.2. The number of Topliss-reactive ketones (excluding diaryl/α,β-unsaturated/α-hetero) is 1. The first-order valence-corrected chi connectivity index (χ1v) is 7.14. The SMILES string of the molecule is CC(=O)C1(COC(=O)NC2CC2C)CC2C=CC1C2. The van der Waals surface area contributed by atoms with Crippen LogP contribution in [0, 0.1) is 23.2 Å². The lowest BCUT2D eigenvalue weighted by atomic mass is 9.73. The minimum Gasteiger partial charge on any atom is -0.448 e. The molecular weight excluding hydrogens is 242 g/mol. The first kappa shape index (κ1) is 12.7. The number of fused-ring (bicyclic) bond motifs is 2. The molecule has 1 N–H and O–H groups in total. The summed E-state index contributed by atoms with van der Waals surface area (Å²) in [4.78, 5) is 23.7. The third-order valence-electron chi connectivity index (χ3n) is 5.08. The van der Waals surface area contributed by atoms with E-state index in [-0.39, 0.29) is 30.4 Å². The minimum atomic E-state index is -0.466. The van der Waals surface area contributed by atoms with Crippen molar-refractivity contribution in [1.29, 1.82) is 0 Å². The van der Waals surface area contributed by atoms with Gasteiger partial charge in [-0.1, -0.05) is 19.1 Å². The van der Waals surface area contributed by atoms with Crippen molar-refractivity contribution in [3.63, 3.8) is 0 Å². The van der Waals surface area contributed by atoms with E-state index in [1.807, 2.05) is 0 Å². The molecule has 0 aromatic heterocycles. The number of hydrogen-bond donors (Lipinski definition) is 1. The average Bonchev–Trinajstić information content (AvgIpc) is 2.82. The molecule has 0 aromatic carbocycles. The van der Waals surface area contributed by atoms with Gasteiger partial charge in [-0.25, -0.2) is 4.79 Å². The smallest absolute Gasteiger partial charge is 0.407 e. The third-order valence-corrected chi connectivity index (χ3v) is 5.08. The molecule has 0 aromatic rings. The van der Waals surface area contributed by atoms with Gasteiger partial charge >= 0.3 is 6.09 Å². The largest absolute Gasteiger partial charge is 0.448 e. The summed E-state index contributed by atoms with van der Waals surface area (Å²) in [5, 5.41) is 2.84. The first-order chi connectivity index (χ1) is 9.01. The van der Waals surface area contributed by atoms with Crippen LogP contribution in [0.4, 0.5) is 4.79 Å². The number of rotatable bonds is 4. The van der Waals surface area contributed by atoms with Crippen LogP contribution < -0.4 is 5.32 Å². The fraction of sp³-hybridized carbons (Fsp3) is 0.733. The lowest BCUT2D eigenvalue weighted by molar-refractivity contribution is -0.130. The molecule has 2 bridgehead atoms. The van der Waals surface area contributed by atoms with Crippen molar-refractivity contribution in [1.82, 2.24) is 5.32 Å². The number of nitrogens with one attached hydrogen (secondary N) is 1. The van der Waals surface area contributed by atoms with E-state index in [1.54, 1.807) is 6.92 Å². The third kappa shape index (κ3) is 2.17. The van der Waals surface area contributed by atoms with Gasteiger partial charge in [0.1, 0.15) is 12.4 Å². The highest BCUT2D eigenvalue weighted by Crippen LogP contribution is 2.52. The molecule has 5 unspecified atom stereocenters. The van der Waals surface area contributed by atoms with E-state index in [0.717, 1.165) is 19.3 Å². The lowest BCUT2D eigenvalue weighted by Gasteiger charge is -2.32. The number of carbonyl (C=O) groups is 2. The van der Waals surface area contributed by atoms with Gasteiger partial charge in [-0.2, -0.15) is 0 Å². The Kier molecular flexibility index (Phi) is 2.91. The molecule has 3 rings (SSSR count). The predicted octanol–water partition coefficient (Wildman–Crippen LogP) is 2.29. The summed E-state index contributed by atoms with van der Waals surface area (Å²) in [5.41, 5.74) is -0.466. The predicted molar refractivity (Wildman–Crippen MR) is 70.5 cm³/mol. The van der Waals surface area contributed by atoms with Gasteiger partial charge < -0.3 is 10.1 Å². The van der Waals surface area contributed by atoms with Crippen molar-refractivity contribution in [2.24, 2.45) is 23.2 Å². The zero-order valence-corrected chi connectivity index (χ0v) is 11.5. The summed E-state index contributed by atoms with van der Waals surface area (Å²) < 4.78 is 5.34. The molecule has 4 nitrogen and oxygen atoms in total. The summed E-state index contributed by atoms with van der Waals surface area (Å²) in [7, 11) is 0. The van der Waals surface area contributed by atoms with Gasteiger partial charge in [0.2, 0.25) is 0 Å². The summed E-state index contributed by atoms with van der Waals surface area (Å²) in [6.07, 6.45) is 6.83. The maximum atomic E-state index is 12.0. The Morgan fingerprint density at radius 1 is 1.37 bits per heavy atom. The van der Waals surface area contributed by atoms with E-state index in [2.05, 4.69) is 24.4 Å². The molecule has 0 saturated heterocycles. The van der Waals surface area contributed by atoms with Crippen LogP contribution in [0.25, 0.3) is 0 Å². The Labute approximate surface area is 113 Å². The van der Waals surface area contributed by atoms with Crippen LogP contribution in [0.15, 0.2) is 12.2 Å². The second-order valence-electron chi connectivity index (χ2n) is 6.44. The highest BCUT2D eigenvalue weighted by Gasteiger charge is 2.52. The van der Waals surface area contributed by atoms with Crippen LogP contribution in [-0.2, 0) is 9.53 Å². The summed E-state index contributed by atoms with van der Waals surface area (Å²) in [5.74, 6) is 1.45. The molecule has 0 aliphatic heterocycles. The quantitative estimate of drug-likeness (QED) is 0.792. The Hall–Kier alpha value is -1.32. The molecule has 3 aliphatic carbocycles. The van der Waals surface area contributed by atoms with E-state index in [1.165, 1.54) is 0 Å². The lowest BCUT2D eigenvalue weighted by Crippen LogP contribution is -2.40. The van der Waals surface area contributed by atoms with E-state index < -0.39 is 5.41 Å². The summed E-state index contributed by atoms with van der Waals surface area (Å²) in [6.45, 7) is 3.95. The number of allylic oxidation sites excluding steroid dienone is 2. The van der Waals surface area contributed by atoms with Crippen LogP contribution in [0.1, 0.15) is 33.1 Å². The van der Waals surface area contributed by atoms with Gasteiger partial charge in [-0.15, -0.1) is 0 Å². The van der Waals surface area contributed by atoms with Gasteiger partial charge in [0, 0.05) is 6.04 Å². The number of hydrogen-bond acceptors (Lipinski definition) is 3. The van der Waals surface area contributed by atoms with Gasteiger partial charge in [0.05, 0.1) is 5.41 Å².